The van der Waals surface area contributed by atoms with E-state index >= 15 is 0 Å². The van der Waals surface area contributed by atoms with Crippen LogP contribution in [0, 0.1) is 6.92 Å². The summed E-state index contributed by atoms with van der Waals surface area (Å²) in [5, 5.41) is 12.6. The first kappa shape index (κ1) is 13.1. The van der Waals surface area contributed by atoms with Crippen LogP contribution in [-0.2, 0) is 10.8 Å². The Labute approximate surface area is 109 Å². The molecule has 1 aromatic rings. The van der Waals surface area contributed by atoms with Crippen LogP contribution in [0.1, 0.15) is 28.8 Å². The molecular formula is C13H17NO3S. The van der Waals surface area contributed by atoms with Crippen molar-refractivity contribution in [1.82, 2.24) is 5.32 Å². The molecule has 2 rings (SSSR count). The summed E-state index contributed by atoms with van der Waals surface area (Å²) in [5.41, 5.74) is 1.24. The molecule has 1 aromatic carbocycles. The minimum absolute atomic E-state index is 0.00233. The second kappa shape index (κ2) is 5.52. The number of rotatable bonds is 2. The highest BCUT2D eigenvalue weighted by molar-refractivity contribution is 7.85. The molecule has 4 nitrogen and oxygen atoms in total. The van der Waals surface area contributed by atoms with Gasteiger partial charge in [0.1, 0.15) is 5.75 Å². The number of carbonyl (C=O) groups excluding carboxylic acids is 1. The van der Waals surface area contributed by atoms with Gasteiger partial charge in [-0.05, 0) is 31.9 Å². The third-order valence-corrected chi connectivity index (χ3v) is 4.50. The number of aryl methyl sites for hydroxylation is 1. The molecule has 0 saturated carbocycles. The molecule has 0 spiro atoms. The van der Waals surface area contributed by atoms with E-state index in [9.17, 15) is 14.1 Å². The molecule has 0 radical (unpaired) electrons. The fraction of sp³-hybridized carbons (Fsp3) is 0.462. The lowest BCUT2D eigenvalue weighted by atomic mass is 10.1. The second-order valence-electron chi connectivity index (χ2n) is 4.62. The summed E-state index contributed by atoms with van der Waals surface area (Å²) in [6.07, 6.45) is 1.48. The Morgan fingerprint density at radius 3 is 2.72 bits per heavy atom. The van der Waals surface area contributed by atoms with Crippen molar-refractivity contribution in [2.24, 2.45) is 0 Å². The predicted octanol–water partition coefficient (Wildman–Crippen LogP) is 1.34. The van der Waals surface area contributed by atoms with Crippen molar-refractivity contribution < 1.29 is 14.1 Å². The number of phenolic OH excluding ortho intramolecular Hbond substituents is 1. The zero-order valence-corrected chi connectivity index (χ0v) is 11.1. The molecule has 0 aliphatic carbocycles. The summed E-state index contributed by atoms with van der Waals surface area (Å²) < 4.78 is 11.2. The fourth-order valence-corrected chi connectivity index (χ4v) is 3.33. The van der Waals surface area contributed by atoms with Gasteiger partial charge in [0.05, 0.1) is 5.56 Å². The van der Waals surface area contributed by atoms with Gasteiger partial charge in [0.25, 0.3) is 5.91 Å². The van der Waals surface area contributed by atoms with Gasteiger partial charge >= 0.3 is 0 Å². The van der Waals surface area contributed by atoms with Gasteiger partial charge in [-0.2, -0.15) is 0 Å². The van der Waals surface area contributed by atoms with E-state index in [0.717, 1.165) is 18.4 Å². The minimum Gasteiger partial charge on any atom is -0.507 e. The smallest absolute Gasteiger partial charge is 0.255 e. The highest BCUT2D eigenvalue weighted by Gasteiger charge is 2.21. The summed E-state index contributed by atoms with van der Waals surface area (Å²) in [4.78, 5) is 12.0. The Morgan fingerprint density at radius 1 is 1.39 bits per heavy atom. The molecule has 0 bridgehead atoms. The van der Waals surface area contributed by atoms with Gasteiger partial charge in [0, 0.05) is 28.3 Å². The van der Waals surface area contributed by atoms with Gasteiger partial charge in [-0.25, -0.2) is 0 Å². The summed E-state index contributed by atoms with van der Waals surface area (Å²) >= 11 is 0. The van der Waals surface area contributed by atoms with Crippen LogP contribution >= 0.6 is 0 Å². The van der Waals surface area contributed by atoms with Crippen LogP contribution in [0.15, 0.2) is 18.2 Å². The quantitative estimate of drug-likeness (QED) is 0.850. The zero-order valence-electron chi connectivity index (χ0n) is 10.3. The Morgan fingerprint density at radius 2 is 2.06 bits per heavy atom. The van der Waals surface area contributed by atoms with Gasteiger partial charge in [-0.15, -0.1) is 0 Å². The van der Waals surface area contributed by atoms with Crippen LogP contribution in [0.3, 0.4) is 0 Å². The Bertz CT molecular complexity index is 477. The average molecular weight is 267 g/mol. The van der Waals surface area contributed by atoms with E-state index < -0.39 is 10.8 Å². The number of nitrogens with one attached hydrogen (secondary N) is 1. The van der Waals surface area contributed by atoms with E-state index in [1.807, 2.05) is 6.92 Å². The van der Waals surface area contributed by atoms with Crippen LogP contribution in [-0.4, -0.2) is 32.8 Å². The second-order valence-corrected chi connectivity index (χ2v) is 6.31. The standard InChI is InChI=1S/C13H17NO3S/c1-9-2-3-12(15)11(8-9)13(16)14-10-4-6-18(17)7-5-10/h2-3,8,10,15H,4-7H2,1H3,(H,14,16). The van der Waals surface area contributed by atoms with E-state index in [2.05, 4.69) is 5.32 Å². The van der Waals surface area contributed by atoms with Crippen molar-refractivity contribution in [2.75, 3.05) is 11.5 Å². The fourth-order valence-electron chi connectivity index (χ4n) is 2.03. The molecule has 2 N–H and O–H groups in total. The first-order valence-corrected chi connectivity index (χ1v) is 7.50. The van der Waals surface area contributed by atoms with Gasteiger partial charge in [-0.3, -0.25) is 9.00 Å². The largest absolute Gasteiger partial charge is 0.507 e. The normalized spacial score (nSPS) is 23.6. The Balaban J connectivity index is 2.03. The van der Waals surface area contributed by atoms with Crippen molar-refractivity contribution in [3.05, 3.63) is 29.3 Å². The molecule has 1 fully saturated rings. The molecule has 1 aliphatic heterocycles. The van der Waals surface area contributed by atoms with Gasteiger partial charge < -0.3 is 10.4 Å². The number of amides is 1. The molecule has 5 heteroatoms. The zero-order chi connectivity index (χ0) is 13.1. The molecule has 1 heterocycles. The maximum atomic E-state index is 12.0. The third-order valence-electron chi connectivity index (χ3n) is 3.12. The maximum absolute atomic E-state index is 12.0. The molecule has 18 heavy (non-hydrogen) atoms. The first-order chi connectivity index (χ1) is 8.56. The highest BCUT2D eigenvalue weighted by Crippen LogP contribution is 2.19. The third kappa shape index (κ3) is 3.10. The van der Waals surface area contributed by atoms with Crippen LogP contribution in [0.4, 0.5) is 0 Å². The van der Waals surface area contributed by atoms with Gasteiger partial charge in [0.2, 0.25) is 0 Å². The maximum Gasteiger partial charge on any atom is 0.255 e. The highest BCUT2D eigenvalue weighted by atomic mass is 32.2. The van der Waals surface area contributed by atoms with Crippen LogP contribution in [0.2, 0.25) is 0 Å². The molecule has 0 atom stereocenters. The van der Waals surface area contributed by atoms with Crippen molar-refractivity contribution in [1.29, 1.82) is 0 Å². The molecule has 1 amide bonds. The number of phenols is 1. The van der Waals surface area contributed by atoms with Crippen molar-refractivity contribution in [3.63, 3.8) is 0 Å². The average Bonchev–Trinajstić information content (AvgIpc) is 2.35. The number of carbonyl (C=O) groups is 1. The van der Waals surface area contributed by atoms with Crippen LogP contribution < -0.4 is 5.32 Å². The number of hydrogen-bond donors (Lipinski definition) is 2. The SMILES string of the molecule is Cc1ccc(O)c(C(=O)NC2CCS(=O)CC2)c1. The summed E-state index contributed by atoms with van der Waals surface area (Å²) in [7, 11) is -0.729. The first-order valence-electron chi connectivity index (χ1n) is 6.01. The Kier molecular flexibility index (Phi) is 4.01. The molecule has 0 unspecified atom stereocenters. The molecule has 1 aliphatic rings. The lowest BCUT2D eigenvalue weighted by molar-refractivity contribution is 0.0932. The van der Waals surface area contributed by atoms with Crippen LogP contribution in [0.25, 0.3) is 0 Å². The molecule has 98 valence electrons. The summed E-state index contributed by atoms with van der Waals surface area (Å²) in [6, 6.07) is 5.02. The predicted molar refractivity (Wildman–Crippen MR) is 71.2 cm³/mol. The van der Waals surface area contributed by atoms with Gasteiger partial charge in [-0.1, -0.05) is 11.6 Å². The lowest BCUT2D eigenvalue weighted by Gasteiger charge is -2.22. The number of hydrogen-bond acceptors (Lipinski definition) is 3. The summed E-state index contributed by atoms with van der Waals surface area (Å²) in [6.45, 7) is 1.87. The van der Waals surface area contributed by atoms with Crippen LogP contribution in [0.5, 0.6) is 5.75 Å². The minimum atomic E-state index is -0.729. The lowest BCUT2D eigenvalue weighted by Crippen LogP contribution is -2.39. The Hall–Kier alpha value is -1.36. The molecular weight excluding hydrogens is 250 g/mol. The van der Waals surface area contributed by atoms with Gasteiger partial charge in [0.15, 0.2) is 0 Å². The number of aromatic hydroxyl groups is 1. The summed E-state index contributed by atoms with van der Waals surface area (Å²) in [5.74, 6) is 1.03. The van der Waals surface area contributed by atoms with E-state index in [4.69, 9.17) is 0 Å². The van der Waals surface area contributed by atoms with Crippen molar-refractivity contribution in [2.45, 2.75) is 25.8 Å². The van der Waals surface area contributed by atoms with E-state index in [1.165, 1.54) is 6.07 Å². The topological polar surface area (TPSA) is 66.4 Å². The number of benzene rings is 1. The van der Waals surface area contributed by atoms with Crippen molar-refractivity contribution >= 4 is 16.7 Å². The van der Waals surface area contributed by atoms with E-state index in [1.54, 1.807) is 12.1 Å². The van der Waals surface area contributed by atoms with Crippen molar-refractivity contribution in [3.8, 4) is 5.75 Å². The monoisotopic (exact) mass is 267 g/mol. The van der Waals surface area contributed by atoms with E-state index in [-0.39, 0.29) is 17.7 Å². The molecule has 0 aromatic heterocycles. The molecule has 1 saturated heterocycles. The van der Waals surface area contributed by atoms with E-state index in [0.29, 0.717) is 17.1 Å².